The molecular weight excluding hydrogens is 246 g/mol. The third-order valence-electron chi connectivity index (χ3n) is 2.72. The molecule has 0 aliphatic carbocycles. The van der Waals surface area contributed by atoms with Crippen LogP contribution in [0.4, 0.5) is 0 Å². The Morgan fingerprint density at radius 1 is 1.47 bits per heavy atom. The van der Waals surface area contributed by atoms with Gasteiger partial charge in [-0.1, -0.05) is 0 Å². The van der Waals surface area contributed by atoms with Gasteiger partial charge in [0.2, 0.25) is 0 Å². The Morgan fingerprint density at radius 2 is 2.26 bits per heavy atom. The van der Waals surface area contributed by atoms with Gasteiger partial charge in [0, 0.05) is 17.0 Å². The summed E-state index contributed by atoms with van der Waals surface area (Å²) >= 11 is 0. The van der Waals surface area contributed by atoms with Crippen LogP contribution in [0.2, 0.25) is 0 Å². The molecule has 0 unspecified atom stereocenters. The van der Waals surface area contributed by atoms with Gasteiger partial charge < -0.3 is 13.9 Å². The summed E-state index contributed by atoms with van der Waals surface area (Å²) < 4.78 is 15.4. The van der Waals surface area contributed by atoms with Crippen LogP contribution in [0.5, 0.6) is 5.75 Å². The van der Waals surface area contributed by atoms with Crippen LogP contribution in [0, 0.1) is 11.3 Å². The number of ether oxygens (including phenoxy) is 2. The molecule has 0 bridgehead atoms. The number of methoxy groups -OCH3 is 1. The maximum absolute atomic E-state index is 11.5. The molecule has 0 N–H and O–H groups in total. The van der Waals surface area contributed by atoms with Gasteiger partial charge in [-0.05, 0) is 13.0 Å². The predicted molar refractivity (Wildman–Crippen MR) is 67.8 cm³/mol. The summed E-state index contributed by atoms with van der Waals surface area (Å²) in [5.74, 6) is 0.224. The van der Waals surface area contributed by atoms with Gasteiger partial charge in [-0.3, -0.25) is 4.79 Å². The third-order valence-corrected chi connectivity index (χ3v) is 2.72. The van der Waals surface area contributed by atoms with Crippen molar-refractivity contribution in [3.05, 3.63) is 29.5 Å². The average molecular weight is 259 g/mol. The highest BCUT2D eigenvalue weighted by molar-refractivity contribution is 5.90. The molecule has 5 nitrogen and oxygen atoms in total. The molecule has 0 spiro atoms. The van der Waals surface area contributed by atoms with E-state index in [0.29, 0.717) is 34.5 Å². The second-order valence-corrected chi connectivity index (χ2v) is 3.91. The first-order valence-corrected chi connectivity index (χ1v) is 5.83. The van der Waals surface area contributed by atoms with E-state index in [2.05, 4.69) is 0 Å². The molecule has 2 rings (SSSR count). The minimum atomic E-state index is -0.327. The van der Waals surface area contributed by atoms with Crippen molar-refractivity contribution in [3.8, 4) is 11.8 Å². The molecule has 0 fully saturated rings. The van der Waals surface area contributed by atoms with Crippen molar-refractivity contribution in [2.45, 2.75) is 13.3 Å². The fraction of sp³-hybridized carbons (Fsp3) is 0.286. The number of fused-ring (bicyclic) bond motifs is 1. The van der Waals surface area contributed by atoms with E-state index in [1.807, 2.05) is 6.07 Å². The number of hydrogen-bond acceptors (Lipinski definition) is 5. The van der Waals surface area contributed by atoms with E-state index in [-0.39, 0.29) is 12.4 Å². The molecule has 0 saturated carbocycles. The summed E-state index contributed by atoms with van der Waals surface area (Å²) in [7, 11) is 1.52. The number of carbonyl (C=O) groups excluding carboxylic acids is 1. The lowest BCUT2D eigenvalue weighted by atomic mass is 10.1. The van der Waals surface area contributed by atoms with E-state index >= 15 is 0 Å². The van der Waals surface area contributed by atoms with Crippen molar-refractivity contribution in [1.82, 2.24) is 0 Å². The maximum atomic E-state index is 11.5. The zero-order valence-corrected chi connectivity index (χ0v) is 10.7. The molecule has 2 aromatic rings. The summed E-state index contributed by atoms with van der Waals surface area (Å²) in [5, 5.41) is 9.77. The molecule has 98 valence electrons. The number of nitriles is 1. The first kappa shape index (κ1) is 13.0. The second kappa shape index (κ2) is 5.44. The summed E-state index contributed by atoms with van der Waals surface area (Å²) in [6.45, 7) is 2.09. The second-order valence-electron chi connectivity index (χ2n) is 3.91. The molecule has 1 aromatic heterocycles. The lowest BCUT2D eigenvalue weighted by molar-refractivity contribution is -0.142. The lowest BCUT2D eigenvalue weighted by Gasteiger charge is -2.02. The summed E-state index contributed by atoms with van der Waals surface area (Å²) in [6, 6.07) is 5.39. The van der Waals surface area contributed by atoms with Crippen LogP contribution in [-0.2, 0) is 16.0 Å². The SMILES string of the molecule is CCOC(=O)Cc1coc2c(C#N)cc(OC)cc12. The third kappa shape index (κ3) is 2.52. The Morgan fingerprint density at radius 3 is 2.89 bits per heavy atom. The van der Waals surface area contributed by atoms with Crippen LogP contribution in [0.25, 0.3) is 11.0 Å². The zero-order chi connectivity index (χ0) is 13.8. The monoisotopic (exact) mass is 259 g/mol. The molecule has 0 saturated heterocycles. The van der Waals surface area contributed by atoms with Gasteiger partial charge in [0.25, 0.3) is 0 Å². The molecule has 0 aliphatic rings. The molecule has 0 amide bonds. The van der Waals surface area contributed by atoms with E-state index < -0.39 is 0 Å². The van der Waals surface area contributed by atoms with Crippen molar-refractivity contribution in [2.24, 2.45) is 0 Å². The number of benzene rings is 1. The number of rotatable bonds is 4. The number of furan rings is 1. The van der Waals surface area contributed by atoms with Crippen molar-refractivity contribution in [3.63, 3.8) is 0 Å². The topological polar surface area (TPSA) is 72.5 Å². The number of hydrogen-bond donors (Lipinski definition) is 0. The summed E-state index contributed by atoms with van der Waals surface area (Å²) in [5.41, 5.74) is 1.52. The van der Waals surface area contributed by atoms with Crippen LogP contribution in [-0.4, -0.2) is 19.7 Å². The van der Waals surface area contributed by atoms with E-state index in [0.717, 1.165) is 0 Å². The summed E-state index contributed by atoms with van der Waals surface area (Å²) in [6.07, 6.45) is 1.58. The Hall–Kier alpha value is -2.48. The number of nitrogens with zero attached hydrogens (tertiary/aromatic N) is 1. The molecular formula is C14H13NO4. The lowest BCUT2D eigenvalue weighted by Crippen LogP contribution is -2.06. The van der Waals surface area contributed by atoms with E-state index in [9.17, 15) is 4.79 Å². The quantitative estimate of drug-likeness (QED) is 0.788. The fourth-order valence-electron chi connectivity index (χ4n) is 1.87. The Balaban J connectivity index is 2.47. The first-order chi connectivity index (χ1) is 9.19. The van der Waals surface area contributed by atoms with Gasteiger partial charge in [-0.15, -0.1) is 0 Å². The Kier molecular flexibility index (Phi) is 3.71. The standard InChI is InChI=1S/C14H13NO4/c1-3-18-13(16)5-10-8-19-14-9(7-15)4-11(17-2)6-12(10)14/h4,6,8H,3,5H2,1-2H3. The Labute approximate surface area is 110 Å². The van der Waals surface area contributed by atoms with Crippen molar-refractivity contribution >= 4 is 16.9 Å². The zero-order valence-electron chi connectivity index (χ0n) is 10.7. The van der Waals surface area contributed by atoms with Crippen LogP contribution in [0.1, 0.15) is 18.1 Å². The van der Waals surface area contributed by atoms with Gasteiger partial charge in [0.1, 0.15) is 11.8 Å². The maximum Gasteiger partial charge on any atom is 0.310 e. The molecule has 5 heteroatoms. The fourth-order valence-corrected chi connectivity index (χ4v) is 1.87. The van der Waals surface area contributed by atoms with E-state index in [1.165, 1.54) is 13.4 Å². The van der Waals surface area contributed by atoms with Crippen LogP contribution >= 0.6 is 0 Å². The normalized spacial score (nSPS) is 10.2. The minimum Gasteiger partial charge on any atom is -0.497 e. The van der Waals surface area contributed by atoms with Gasteiger partial charge >= 0.3 is 5.97 Å². The number of carbonyl (C=O) groups is 1. The van der Waals surface area contributed by atoms with Gasteiger partial charge in [0.05, 0.1) is 32.0 Å². The minimum absolute atomic E-state index is 0.110. The molecule has 0 radical (unpaired) electrons. The van der Waals surface area contributed by atoms with E-state index in [4.69, 9.17) is 19.2 Å². The van der Waals surface area contributed by atoms with Crippen LogP contribution in [0.15, 0.2) is 22.8 Å². The van der Waals surface area contributed by atoms with Crippen LogP contribution < -0.4 is 4.74 Å². The summed E-state index contributed by atoms with van der Waals surface area (Å²) in [4.78, 5) is 11.5. The molecule has 0 aliphatic heterocycles. The Bertz CT molecular complexity index is 651. The highest BCUT2D eigenvalue weighted by atomic mass is 16.5. The van der Waals surface area contributed by atoms with Gasteiger partial charge in [-0.25, -0.2) is 0 Å². The molecule has 0 atom stereocenters. The van der Waals surface area contributed by atoms with Crippen molar-refractivity contribution < 1.29 is 18.7 Å². The molecule has 19 heavy (non-hydrogen) atoms. The molecule has 1 aromatic carbocycles. The van der Waals surface area contributed by atoms with Gasteiger partial charge in [0.15, 0.2) is 5.58 Å². The largest absolute Gasteiger partial charge is 0.497 e. The van der Waals surface area contributed by atoms with Gasteiger partial charge in [-0.2, -0.15) is 5.26 Å². The van der Waals surface area contributed by atoms with Crippen molar-refractivity contribution in [1.29, 1.82) is 5.26 Å². The smallest absolute Gasteiger partial charge is 0.310 e. The highest BCUT2D eigenvalue weighted by Gasteiger charge is 2.15. The average Bonchev–Trinajstić information content (AvgIpc) is 2.81. The molecule has 1 heterocycles. The number of esters is 1. The first-order valence-electron chi connectivity index (χ1n) is 5.83. The van der Waals surface area contributed by atoms with Crippen LogP contribution in [0.3, 0.4) is 0 Å². The highest BCUT2D eigenvalue weighted by Crippen LogP contribution is 2.29. The van der Waals surface area contributed by atoms with E-state index in [1.54, 1.807) is 19.1 Å². The van der Waals surface area contributed by atoms with Crippen molar-refractivity contribution in [2.75, 3.05) is 13.7 Å². The predicted octanol–water partition coefficient (Wildman–Crippen LogP) is 2.42.